The predicted octanol–water partition coefficient (Wildman–Crippen LogP) is 3.73. The molecule has 7 heteroatoms. The minimum atomic E-state index is -0.630. The molecular weight excluding hydrogens is 356 g/mol. The van der Waals surface area contributed by atoms with Crippen molar-refractivity contribution in [2.75, 3.05) is 18.5 Å². The molecule has 6 nitrogen and oxygen atoms in total. The van der Waals surface area contributed by atoms with Crippen molar-refractivity contribution >= 4 is 29.3 Å². The second kappa shape index (κ2) is 9.20. The molecule has 1 amide bonds. The van der Waals surface area contributed by atoms with Crippen molar-refractivity contribution in [3.05, 3.63) is 52.7 Å². The molecule has 2 rings (SSSR count). The summed E-state index contributed by atoms with van der Waals surface area (Å²) in [4.78, 5) is 27.4. The van der Waals surface area contributed by atoms with Crippen molar-refractivity contribution < 1.29 is 19.1 Å². The Kier molecular flexibility index (Phi) is 6.97. The fourth-order valence-electron chi connectivity index (χ4n) is 2.34. The van der Waals surface area contributed by atoms with Gasteiger partial charge in [-0.1, -0.05) is 31.5 Å². The van der Waals surface area contributed by atoms with E-state index in [1.165, 1.54) is 11.8 Å². The summed E-state index contributed by atoms with van der Waals surface area (Å²) in [6, 6.07) is 8.81. The SMILES string of the molecule is Cc1cc(OCC(=O)OCC(=O)Nc2ccc(Cl)cn2)ccc1C(C)C. The highest BCUT2D eigenvalue weighted by molar-refractivity contribution is 6.30. The molecule has 0 unspecified atom stereocenters. The van der Waals surface area contributed by atoms with Gasteiger partial charge < -0.3 is 14.8 Å². The van der Waals surface area contributed by atoms with Crippen LogP contribution >= 0.6 is 11.6 Å². The number of benzene rings is 1. The van der Waals surface area contributed by atoms with Crippen molar-refractivity contribution in [1.82, 2.24) is 4.98 Å². The highest BCUT2D eigenvalue weighted by atomic mass is 35.5. The van der Waals surface area contributed by atoms with Gasteiger partial charge in [0.25, 0.3) is 5.91 Å². The van der Waals surface area contributed by atoms with Gasteiger partial charge in [-0.2, -0.15) is 0 Å². The van der Waals surface area contributed by atoms with Crippen LogP contribution in [0, 0.1) is 6.92 Å². The molecule has 0 aliphatic heterocycles. The fraction of sp³-hybridized carbons (Fsp3) is 0.316. The molecule has 1 heterocycles. The van der Waals surface area contributed by atoms with Crippen LogP contribution in [0.1, 0.15) is 30.9 Å². The van der Waals surface area contributed by atoms with Gasteiger partial charge in [0.05, 0.1) is 5.02 Å². The second-order valence-electron chi connectivity index (χ2n) is 6.03. The number of nitrogens with zero attached hydrogens (tertiary/aromatic N) is 1. The lowest BCUT2D eigenvalue weighted by Gasteiger charge is -2.12. The summed E-state index contributed by atoms with van der Waals surface area (Å²) >= 11 is 5.71. The summed E-state index contributed by atoms with van der Waals surface area (Å²) in [5.74, 6) is 0.203. The van der Waals surface area contributed by atoms with Gasteiger partial charge in [0.2, 0.25) is 0 Å². The molecule has 0 aliphatic carbocycles. The first-order valence-corrected chi connectivity index (χ1v) is 8.53. The van der Waals surface area contributed by atoms with Crippen molar-refractivity contribution in [3.63, 3.8) is 0 Å². The fourth-order valence-corrected chi connectivity index (χ4v) is 2.46. The van der Waals surface area contributed by atoms with E-state index < -0.39 is 18.5 Å². The number of hydrogen-bond donors (Lipinski definition) is 1. The first kappa shape index (κ1) is 19.7. The topological polar surface area (TPSA) is 77.5 Å². The van der Waals surface area contributed by atoms with E-state index in [4.69, 9.17) is 21.1 Å². The number of halogens is 1. The third kappa shape index (κ3) is 6.04. The molecular formula is C19H21ClN2O4. The van der Waals surface area contributed by atoms with E-state index in [1.807, 2.05) is 25.1 Å². The van der Waals surface area contributed by atoms with Crippen LogP contribution in [0.4, 0.5) is 5.82 Å². The molecule has 26 heavy (non-hydrogen) atoms. The molecule has 0 radical (unpaired) electrons. The zero-order chi connectivity index (χ0) is 19.1. The first-order chi connectivity index (χ1) is 12.3. The monoisotopic (exact) mass is 376 g/mol. The second-order valence-corrected chi connectivity index (χ2v) is 6.47. The largest absolute Gasteiger partial charge is 0.482 e. The number of amides is 1. The quantitative estimate of drug-likeness (QED) is 0.745. The average molecular weight is 377 g/mol. The summed E-state index contributed by atoms with van der Waals surface area (Å²) in [6.07, 6.45) is 1.41. The van der Waals surface area contributed by atoms with Crippen LogP contribution in [-0.4, -0.2) is 30.1 Å². The molecule has 1 aromatic heterocycles. The Morgan fingerprint density at radius 2 is 1.96 bits per heavy atom. The predicted molar refractivity (Wildman–Crippen MR) is 99.6 cm³/mol. The van der Waals surface area contributed by atoms with Crippen LogP contribution in [0.3, 0.4) is 0 Å². The number of anilines is 1. The van der Waals surface area contributed by atoms with Crippen molar-refractivity contribution in [1.29, 1.82) is 0 Å². The standard InChI is InChI=1S/C19H21ClN2O4/c1-12(2)16-6-5-15(8-13(16)3)25-11-19(24)26-10-18(23)22-17-7-4-14(20)9-21-17/h4-9,12H,10-11H2,1-3H3,(H,21,22,23). The minimum Gasteiger partial charge on any atom is -0.482 e. The van der Waals surface area contributed by atoms with Crippen LogP contribution in [0.25, 0.3) is 0 Å². The number of hydrogen-bond acceptors (Lipinski definition) is 5. The lowest BCUT2D eigenvalue weighted by atomic mass is 9.98. The van der Waals surface area contributed by atoms with Crippen molar-refractivity contribution in [2.24, 2.45) is 0 Å². The normalized spacial score (nSPS) is 10.5. The van der Waals surface area contributed by atoms with Gasteiger partial charge in [-0.05, 0) is 48.2 Å². The molecule has 0 saturated heterocycles. The first-order valence-electron chi connectivity index (χ1n) is 8.15. The zero-order valence-electron chi connectivity index (χ0n) is 14.9. The molecule has 1 N–H and O–H groups in total. The molecule has 0 atom stereocenters. The summed E-state index contributed by atoms with van der Waals surface area (Å²) in [5.41, 5.74) is 2.33. The van der Waals surface area contributed by atoms with Crippen LogP contribution in [0.2, 0.25) is 5.02 Å². The number of aryl methyl sites for hydroxylation is 1. The van der Waals surface area contributed by atoms with Gasteiger partial charge in [0.1, 0.15) is 11.6 Å². The third-order valence-electron chi connectivity index (χ3n) is 3.58. The molecule has 138 valence electrons. The smallest absolute Gasteiger partial charge is 0.344 e. The highest BCUT2D eigenvalue weighted by Crippen LogP contribution is 2.23. The lowest BCUT2D eigenvalue weighted by molar-refractivity contribution is -0.149. The molecule has 0 aliphatic rings. The van der Waals surface area contributed by atoms with Crippen molar-refractivity contribution in [2.45, 2.75) is 26.7 Å². The van der Waals surface area contributed by atoms with E-state index in [1.54, 1.807) is 12.1 Å². The maximum atomic E-state index is 11.7. The lowest BCUT2D eigenvalue weighted by Crippen LogP contribution is -2.24. The summed E-state index contributed by atoms with van der Waals surface area (Å²) in [7, 11) is 0. The van der Waals surface area contributed by atoms with Gasteiger partial charge >= 0.3 is 5.97 Å². The number of rotatable bonds is 7. The maximum Gasteiger partial charge on any atom is 0.344 e. The number of carbonyl (C=O) groups is 2. The average Bonchev–Trinajstić information content (AvgIpc) is 2.60. The van der Waals surface area contributed by atoms with Gasteiger partial charge in [0, 0.05) is 6.20 Å². The summed E-state index contributed by atoms with van der Waals surface area (Å²) < 4.78 is 10.3. The van der Waals surface area contributed by atoms with E-state index >= 15 is 0 Å². The van der Waals surface area contributed by atoms with Crippen LogP contribution in [-0.2, 0) is 14.3 Å². The van der Waals surface area contributed by atoms with E-state index in [0.29, 0.717) is 22.5 Å². The number of pyridine rings is 1. The molecule has 0 saturated carbocycles. The Balaban J connectivity index is 1.75. The number of esters is 1. The Morgan fingerprint density at radius 3 is 2.58 bits per heavy atom. The van der Waals surface area contributed by atoms with E-state index in [9.17, 15) is 9.59 Å². The highest BCUT2D eigenvalue weighted by Gasteiger charge is 2.10. The molecule has 0 spiro atoms. The van der Waals surface area contributed by atoms with Crippen LogP contribution in [0.15, 0.2) is 36.5 Å². The Bertz CT molecular complexity index is 776. The molecule has 1 aromatic carbocycles. The molecule has 0 fully saturated rings. The van der Waals surface area contributed by atoms with E-state index in [-0.39, 0.29) is 6.61 Å². The number of nitrogens with one attached hydrogen (secondary N) is 1. The number of ether oxygens (including phenoxy) is 2. The van der Waals surface area contributed by atoms with Gasteiger partial charge in [0.15, 0.2) is 13.2 Å². The van der Waals surface area contributed by atoms with Crippen molar-refractivity contribution in [3.8, 4) is 5.75 Å². The Hall–Kier alpha value is -2.60. The van der Waals surface area contributed by atoms with Crippen LogP contribution in [0.5, 0.6) is 5.75 Å². The number of carbonyl (C=O) groups excluding carboxylic acids is 2. The Morgan fingerprint density at radius 1 is 1.19 bits per heavy atom. The Labute approximate surface area is 157 Å². The van der Waals surface area contributed by atoms with Gasteiger partial charge in [-0.15, -0.1) is 0 Å². The summed E-state index contributed by atoms with van der Waals surface area (Å²) in [5, 5.41) is 2.96. The molecule has 2 aromatic rings. The molecule has 0 bridgehead atoms. The van der Waals surface area contributed by atoms with E-state index in [0.717, 1.165) is 5.56 Å². The number of aromatic nitrogens is 1. The third-order valence-corrected chi connectivity index (χ3v) is 3.80. The summed E-state index contributed by atoms with van der Waals surface area (Å²) in [6.45, 7) is 5.54. The zero-order valence-corrected chi connectivity index (χ0v) is 15.7. The van der Waals surface area contributed by atoms with Crippen LogP contribution < -0.4 is 10.1 Å². The minimum absolute atomic E-state index is 0.271. The van der Waals surface area contributed by atoms with Gasteiger partial charge in [-0.25, -0.2) is 9.78 Å². The van der Waals surface area contributed by atoms with Gasteiger partial charge in [-0.3, -0.25) is 4.79 Å². The van der Waals surface area contributed by atoms with E-state index in [2.05, 4.69) is 24.1 Å². The maximum absolute atomic E-state index is 11.7.